The Morgan fingerprint density at radius 2 is 1.92 bits per heavy atom. The van der Waals surface area contributed by atoms with Crippen LogP contribution in [0.4, 0.5) is 5.69 Å². The molecule has 1 saturated heterocycles. The molecule has 0 radical (unpaired) electrons. The number of amidine groups is 1. The molecule has 2 heterocycles. The van der Waals surface area contributed by atoms with E-state index in [0.717, 1.165) is 16.4 Å². The van der Waals surface area contributed by atoms with E-state index >= 15 is 0 Å². The highest BCUT2D eigenvalue weighted by Gasteiger charge is 2.32. The Labute approximate surface area is 146 Å². The molecule has 0 saturated carbocycles. The van der Waals surface area contributed by atoms with Crippen LogP contribution in [0.2, 0.25) is 0 Å². The van der Waals surface area contributed by atoms with Gasteiger partial charge >= 0.3 is 0 Å². The average Bonchev–Trinajstić information content (AvgIpc) is 2.87. The minimum Gasteiger partial charge on any atom is -0.287 e. The number of hydrogen-bond donors (Lipinski definition) is 0. The molecule has 1 aromatic heterocycles. The SMILES string of the molecule is CCN1C(=O)/C(=C/c2ccncc2)SC1=Nc1ccc(C)c(C)c1. The zero-order valence-corrected chi connectivity index (χ0v) is 14.8. The van der Waals surface area contributed by atoms with E-state index in [9.17, 15) is 4.79 Å². The number of benzene rings is 1. The van der Waals surface area contributed by atoms with Gasteiger partial charge in [0.05, 0.1) is 10.6 Å². The number of thioether (sulfide) groups is 1. The van der Waals surface area contributed by atoms with Crippen LogP contribution in [0, 0.1) is 13.8 Å². The Morgan fingerprint density at radius 1 is 1.17 bits per heavy atom. The molecule has 0 N–H and O–H groups in total. The van der Waals surface area contributed by atoms with Crippen LogP contribution >= 0.6 is 11.8 Å². The summed E-state index contributed by atoms with van der Waals surface area (Å²) in [5.41, 5.74) is 4.27. The predicted octanol–water partition coefficient (Wildman–Crippen LogP) is 4.32. The zero-order chi connectivity index (χ0) is 17.1. The van der Waals surface area contributed by atoms with Gasteiger partial charge in [0.2, 0.25) is 0 Å². The summed E-state index contributed by atoms with van der Waals surface area (Å²) < 4.78 is 0. The average molecular weight is 337 g/mol. The van der Waals surface area contributed by atoms with Crippen LogP contribution in [0.25, 0.3) is 6.08 Å². The lowest BCUT2D eigenvalue weighted by atomic mass is 10.1. The molecule has 2 aromatic rings. The van der Waals surface area contributed by atoms with Crippen molar-refractivity contribution >= 4 is 34.6 Å². The van der Waals surface area contributed by atoms with Crippen LogP contribution in [0.1, 0.15) is 23.6 Å². The first-order chi connectivity index (χ1) is 11.6. The number of pyridine rings is 1. The van der Waals surface area contributed by atoms with Crippen molar-refractivity contribution in [3.05, 3.63) is 64.3 Å². The van der Waals surface area contributed by atoms with Gasteiger partial charge in [-0.05, 0) is 79.6 Å². The van der Waals surface area contributed by atoms with E-state index in [1.54, 1.807) is 17.3 Å². The van der Waals surface area contributed by atoms with Gasteiger partial charge in [-0.3, -0.25) is 14.7 Å². The second kappa shape index (κ2) is 7.01. The highest BCUT2D eigenvalue weighted by Crippen LogP contribution is 2.34. The summed E-state index contributed by atoms with van der Waals surface area (Å²) in [5, 5.41) is 0.728. The van der Waals surface area contributed by atoms with E-state index in [-0.39, 0.29) is 5.91 Å². The van der Waals surface area contributed by atoms with Crippen LogP contribution in [0.15, 0.2) is 52.6 Å². The van der Waals surface area contributed by atoms with Crippen LogP contribution < -0.4 is 0 Å². The smallest absolute Gasteiger partial charge is 0.266 e. The third-order valence-electron chi connectivity index (χ3n) is 3.92. The summed E-state index contributed by atoms with van der Waals surface area (Å²) in [7, 11) is 0. The maximum Gasteiger partial charge on any atom is 0.266 e. The van der Waals surface area contributed by atoms with Gasteiger partial charge in [0.25, 0.3) is 5.91 Å². The largest absolute Gasteiger partial charge is 0.287 e. The third-order valence-corrected chi connectivity index (χ3v) is 4.93. The lowest BCUT2D eigenvalue weighted by Crippen LogP contribution is -2.28. The summed E-state index contributed by atoms with van der Waals surface area (Å²) >= 11 is 1.42. The molecule has 4 nitrogen and oxygen atoms in total. The second-order valence-corrected chi connectivity index (χ2v) is 6.61. The van der Waals surface area contributed by atoms with Crippen molar-refractivity contribution in [2.45, 2.75) is 20.8 Å². The topological polar surface area (TPSA) is 45.6 Å². The van der Waals surface area contributed by atoms with Crippen LogP contribution in [0.3, 0.4) is 0 Å². The highest BCUT2D eigenvalue weighted by atomic mass is 32.2. The van der Waals surface area contributed by atoms with E-state index in [1.807, 2.05) is 37.3 Å². The van der Waals surface area contributed by atoms with Gasteiger partial charge in [-0.25, -0.2) is 4.99 Å². The Balaban J connectivity index is 1.94. The lowest BCUT2D eigenvalue weighted by Gasteiger charge is -2.12. The summed E-state index contributed by atoms with van der Waals surface area (Å²) in [6.45, 7) is 6.71. The van der Waals surface area contributed by atoms with Gasteiger partial charge in [-0.15, -0.1) is 0 Å². The summed E-state index contributed by atoms with van der Waals surface area (Å²) in [4.78, 5) is 23.7. The number of hydrogen-bond acceptors (Lipinski definition) is 4. The zero-order valence-electron chi connectivity index (χ0n) is 14.0. The van der Waals surface area contributed by atoms with Gasteiger partial charge in [0.1, 0.15) is 0 Å². The van der Waals surface area contributed by atoms with Gasteiger partial charge < -0.3 is 0 Å². The minimum absolute atomic E-state index is 0.00176. The normalized spacial score (nSPS) is 18.0. The Bertz CT molecular complexity index is 828. The fourth-order valence-corrected chi connectivity index (χ4v) is 3.45. The summed E-state index contributed by atoms with van der Waals surface area (Å²) in [6, 6.07) is 9.86. The van der Waals surface area contributed by atoms with E-state index in [1.165, 1.54) is 22.9 Å². The molecule has 0 bridgehead atoms. The van der Waals surface area contributed by atoms with E-state index in [4.69, 9.17) is 0 Å². The van der Waals surface area contributed by atoms with Crippen molar-refractivity contribution in [3.8, 4) is 0 Å². The summed E-state index contributed by atoms with van der Waals surface area (Å²) in [6.07, 6.45) is 5.33. The Hall–Kier alpha value is -2.40. The fourth-order valence-electron chi connectivity index (χ4n) is 2.39. The highest BCUT2D eigenvalue weighted by molar-refractivity contribution is 8.18. The van der Waals surface area contributed by atoms with E-state index < -0.39 is 0 Å². The molecule has 1 amide bonds. The molecule has 5 heteroatoms. The van der Waals surface area contributed by atoms with E-state index in [0.29, 0.717) is 11.4 Å². The van der Waals surface area contributed by atoms with Crippen molar-refractivity contribution in [1.82, 2.24) is 9.88 Å². The van der Waals surface area contributed by atoms with Crippen LogP contribution in [0.5, 0.6) is 0 Å². The molecule has 0 spiro atoms. The molecule has 0 unspecified atom stereocenters. The van der Waals surface area contributed by atoms with Gasteiger partial charge in [0.15, 0.2) is 5.17 Å². The standard InChI is InChI=1S/C19H19N3OS/c1-4-22-18(23)17(12-15-7-9-20-10-8-15)24-19(22)21-16-6-5-13(2)14(3)11-16/h5-12H,4H2,1-3H3/b17-12-,21-19?. The van der Waals surface area contributed by atoms with Crippen molar-refractivity contribution < 1.29 is 4.79 Å². The molecule has 0 atom stereocenters. The monoisotopic (exact) mass is 337 g/mol. The first-order valence-corrected chi connectivity index (χ1v) is 8.67. The van der Waals surface area contributed by atoms with Gasteiger partial charge in [-0.1, -0.05) is 6.07 Å². The molecule has 24 heavy (non-hydrogen) atoms. The molecular weight excluding hydrogens is 318 g/mol. The molecule has 1 aliphatic heterocycles. The number of carbonyl (C=O) groups is 1. The lowest BCUT2D eigenvalue weighted by molar-refractivity contribution is -0.122. The number of nitrogens with zero attached hydrogens (tertiary/aromatic N) is 3. The predicted molar refractivity (Wildman–Crippen MR) is 100 cm³/mol. The maximum absolute atomic E-state index is 12.6. The maximum atomic E-state index is 12.6. The molecule has 0 aliphatic carbocycles. The Kier molecular flexibility index (Phi) is 4.81. The third kappa shape index (κ3) is 3.41. The number of aryl methyl sites for hydroxylation is 2. The van der Waals surface area contributed by atoms with Crippen molar-refractivity contribution in [3.63, 3.8) is 0 Å². The number of amides is 1. The first-order valence-electron chi connectivity index (χ1n) is 7.86. The van der Waals surface area contributed by atoms with Crippen LogP contribution in [-0.4, -0.2) is 27.5 Å². The summed E-state index contributed by atoms with van der Waals surface area (Å²) in [5.74, 6) is 0.00176. The van der Waals surface area contributed by atoms with Crippen molar-refractivity contribution in [1.29, 1.82) is 0 Å². The molecule has 1 fully saturated rings. The second-order valence-electron chi connectivity index (χ2n) is 5.60. The van der Waals surface area contributed by atoms with Crippen LogP contribution in [-0.2, 0) is 4.79 Å². The molecule has 1 aromatic carbocycles. The van der Waals surface area contributed by atoms with Crippen molar-refractivity contribution in [2.75, 3.05) is 6.54 Å². The minimum atomic E-state index is 0.00176. The molecule has 3 rings (SSSR count). The first kappa shape index (κ1) is 16.5. The Morgan fingerprint density at radius 3 is 2.58 bits per heavy atom. The molecular formula is C19H19N3OS. The number of likely N-dealkylation sites (N-methyl/N-ethyl adjacent to an activating group) is 1. The van der Waals surface area contributed by atoms with Gasteiger partial charge in [-0.2, -0.15) is 0 Å². The van der Waals surface area contributed by atoms with Gasteiger partial charge in [0, 0.05) is 18.9 Å². The fraction of sp³-hybridized carbons (Fsp3) is 0.211. The number of rotatable bonds is 3. The van der Waals surface area contributed by atoms with E-state index in [2.05, 4.69) is 29.9 Å². The number of aliphatic imine (C=N–C) groups is 1. The molecule has 1 aliphatic rings. The number of aromatic nitrogens is 1. The number of carbonyl (C=O) groups excluding carboxylic acids is 1. The molecule has 122 valence electrons. The van der Waals surface area contributed by atoms with Crippen molar-refractivity contribution in [2.24, 2.45) is 4.99 Å². The quantitative estimate of drug-likeness (QED) is 0.784.